The first-order chi connectivity index (χ1) is 14.1. The van der Waals surface area contributed by atoms with E-state index in [0.29, 0.717) is 24.7 Å². The Kier molecular flexibility index (Phi) is 4.43. The number of rotatable bonds is 5. The van der Waals surface area contributed by atoms with Crippen LogP contribution in [0.2, 0.25) is 0 Å². The summed E-state index contributed by atoms with van der Waals surface area (Å²) in [7, 11) is 0. The lowest BCUT2D eigenvalue weighted by Gasteiger charge is -2.18. The van der Waals surface area contributed by atoms with E-state index >= 15 is 0 Å². The second kappa shape index (κ2) is 7.11. The van der Waals surface area contributed by atoms with Gasteiger partial charge >= 0.3 is 0 Å². The van der Waals surface area contributed by atoms with Gasteiger partial charge in [-0.1, -0.05) is 0 Å². The predicted octanol–water partition coefficient (Wildman–Crippen LogP) is 2.74. The van der Waals surface area contributed by atoms with E-state index < -0.39 is 12.3 Å². The number of aryl methyl sites for hydroxylation is 1. The van der Waals surface area contributed by atoms with Crippen molar-refractivity contribution in [3.63, 3.8) is 0 Å². The average Bonchev–Trinajstić information content (AvgIpc) is 3.37. The topological polar surface area (TPSA) is 80.5 Å². The minimum Gasteiger partial charge on any atom is -0.484 e. The number of nitrogens with one attached hydrogen (secondary N) is 2. The molecule has 4 heterocycles. The van der Waals surface area contributed by atoms with E-state index in [2.05, 4.69) is 20.7 Å². The van der Waals surface area contributed by atoms with E-state index in [0.717, 1.165) is 35.2 Å². The molecule has 7 nitrogen and oxygen atoms in total. The molecule has 2 aliphatic rings. The highest BCUT2D eigenvalue weighted by atomic mass is 19.1. The van der Waals surface area contributed by atoms with Crippen LogP contribution in [-0.4, -0.2) is 45.9 Å². The summed E-state index contributed by atoms with van der Waals surface area (Å²) in [6.45, 7) is 2.68. The van der Waals surface area contributed by atoms with Crippen molar-refractivity contribution in [1.29, 1.82) is 0 Å². The van der Waals surface area contributed by atoms with Crippen LogP contribution in [0.15, 0.2) is 36.7 Å². The van der Waals surface area contributed by atoms with Crippen molar-refractivity contribution in [3.8, 4) is 16.9 Å². The Morgan fingerprint density at radius 3 is 2.93 bits per heavy atom. The first-order valence-electron chi connectivity index (χ1n) is 9.85. The van der Waals surface area contributed by atoms with Gasteiger partial charge in [0.15, 0.2) is 12.0 Å². The minimum atomic E-state index is -1.04. The third kappa shape index (κ3) is 3.67. The van der Waals surface area contributed by atoms with E-state index in [4.69, 9.17) is 4.74 Å². The number of amides is 1. The van der Waals surface area contributed by atoms with E-state index in [-0.39, 0.29) is 11.8 Å². The van der Waals surface area contributed by atoms with Crippen molar-refractivity contribution >= 4 is 17.2 Å². The molecule has 0 aromatic carbocycles. The normalized spacial score (nSPS) is 21.4. The molecule has 0 bridgehead atoms. The number of fused-ring (bicyclic) bond motifs is 1. The van der Waals surface area contributed by atoms with E-state index in [9.17, 15) is 9.18 Å². The Labute approximate surface area is 167 Å². The molecule has 1 aliphatic heterocycles. The molecule has 0 radical (unpaired) electrons. The molecule has 3 aromatic heterocycles. The van der Waals surface area contributed by atoms with Crippen LogP contribution < -0.4 is 15.4 Å². The van der Waals surface area contributed by atoms with Crippen LogP contribution >= 0.6 is 0 Å². The zero-order valence-electron chi connectivity index (χ0n) is 16.1. The number of pyridine rings is 2. The Balaban J connectivity index is 1.46. The number of hydrogen-bond acceptors (Lipinski definition) is 5. The van der Waals surface area contributed by atoms with Gasteiger partial charge in [-0.05, 0) is 43.5 Å². The zero-order valence-corrected chi connectivity index (χ0v) is 16.1. The van der Waals surface area contributed by atoms with Crippen LogP contribution in [0.3, 0.4) is 0 Å². The monoisotopic (exact) mass is 395 g/mol. The summed E-state index contributed by atoms with van der Waals surface area (Å²) in [6.07, 6.45) is 3.82. The highest BCUT2D eigenvalue weighted by Gasteiger charge is 2.30. The maximum atomic E-state index is 14.0. The molecule has 5 rings (SSSR count). The van der Waals surface area contributed by atoms with Gasteiger partial charge in [0.05, 0.1) is 11.7 Å². The molecule has 8 heteroatoms. The molecule has 150 valence electrons. The quantitative estimate of drug-likeness (QED) is 0.694. The Bertz CT molecular complexity index is 1080. The molecule has 2 N–H and O–H groups in total. The summed E-state index contributed by atoms with van der Waals surface area (Å²) in [4.78, 5) is 16.3. The summed E-state index contributed by atoms with van der Waals surface area (Å²) >= 11 is 0. The van der Waals surface area contributed by atoms with E-state index in [1.807, 2.05) is 37.4 Å². The van der Waals surface area contributed by atoms with Crippen molar-refractivity contribution in [1.82, 2.24) is 19.9 Å². The molecule has 0 unspecified atom stereocenters. The maximum absolute atomic E-state index is 14.0. The molecule has 0 spiro atoms. The predicted molar refractivity (Wildman–Crippen MR) is 107 cm³/mol. The van der Waals surface area contributed by atoms with Crippen molar-refractivity contribution in [2.45, 2.75) is 32.0 Å². The largest absolute Gasteiger partial charge is 0.484 e. The van der Waals surface area contributed by atoms with Gasteiger partial charge < -0.3 is 15.4 Å². The summed E-state index contributed by atoms with van der Waals surface area (Å²) in [5.41, 5.74) is 3.46. The lowest BCUT2D eigenvalue weighted by Crippen LogP contribution is -2.27. The molecule has 1 saturated carbocycles. The summed E-state index contributed by atoms with van der Waals surface area (Å²) in [5.74, 6) is 1.25. The van der Waals surface area contributed by atoms with Gasteiger partial charge in [0.25, 0.3) is 0 Å². The number of halogens is 1. The number of nitrogens with zero attached hydrogens (tertiary/aromatic N) is 3. The van der Waals surface area contributed by atoms with Gasteiger partial charge in [0, 0.05) is 42.5 Å². The molecular weight excluding hydrogens is 373 g/mol. The fourth-order valence-electron chi connectivity index (χ4n) is 3.57. The van der Waals surface area contributed by atoms with Crippen molar-refractivity contribution in [2.75, 3.05) is 18.4 Å². The molecular formula is C21H22FN5O2. The first kappa shape index (κ1) is 18.1. The molecule has 3 aromatic rings. The highest BCUT2D eigenvalue weighted by Crippen LogP contribution is 2.33. The number of hydrogen-bond donors (Lipinski definition) is 2. The lowest BCUT2D eigenvalue weighted by molar-refractivity contribution is -0.117. The van der Waals surface area contributed by atoms with Gasteiger partial charge in [0.2, 0.25) is 5.91 Å². The van der Waals surface area contributed by atoms with Crippen LogP contribution in [0, 0.1) is 12.8 Å². The van der Waals surface area contributed by atoms with Crippen molar-refractivity contribution in [2.24, 2.45) is 5.92 Å². The van der Waals surface area contributed by atoms with Crippen LogP contribution in [0.4, 0.5) is 10.2 Å². The summed E-state index contributed by atoms with van der Waals surface area (Å²) in [6, 6.07) is 7.68. The van der Waals surface area contributed by atoms with Gasteiger partial charge in [-0.3, -0.25) is 9.78 Å². The third-order valence-electron chi connectivity index (χ3n) is 5.34. The second-order valence-corrected chi connectivity index (χ2v) is 7.73. The number of anilines is 1. The SMILES string of the molecule is Cc1cc(-c2ccn3nc(NC(=O)C4CC4)cc3c2)c(O[C@@H]2CNC[C@@H]2F)cn1. The molecule has 1 amide bonds. The fraction of sp³-hybridized carbons (Fsp3) is 0.381. The Morgan fingerprint density at radius 2 is 2.17 bits per heavy atom. The number of ether oxygens (including phenoxy) is 1. The van der Waals surface area contributed by atoms with Crippen LogP contribution in [-0.2, 0) is 4.79 Å². The summed E-state index contributed by atoms with van der Waals surface area (Å²) in [5, 5.41) is 10.3. The molecule has 2 atom stereocenters. The van der Waals surface area contributed by atoms with Crippen LogP contribution in [0.25, 0.3) is 16.6 Å². The number of alkyl halides is 1. The number of carbonyl (C=O) groups excluding carboxylic acids is 1. The standard InChI is InChI=1S/C21H22FN5O2/c1-12-6-16(18(11-24-12)29-19-10-23-9-17(19)22)14-4-5-27-15(7-14)8-20(26-27)25-21(28)13-2-3-13/h4-8,11,13,17,19,23H,2-3,9-10H2,1H3,(H,25,26,28)/t17-,19+/m0/s1. The van der Waals surface area contributed by atoms with E-state index in [1.165, 1.54) is 0 Å². The zero-order chi connectivity index (χ0) is 20.0. The molecule has 29 heavy (non-hydrogen) atoms. The fourth-order valence-corrected chi connectivity index (χ4v) is 3.57. The van der Waals surface area contributed by atoms with Gasteiger partial charge in [-0.15, -0.1) is 0 Å². The number of aromatic nitrogens is 3. The molecule has 2 fully saturated rings. The first-order valence-corrected chi connectivity index (χ1v) is 9.85. The van der Waals surface area contributed by atoms with Gasteiger partial charge in [-0.2, -0.15) is 5.10 Å². The van der Waals surface area contributed by atoms with Crippen LogP contribution in [0.1, 0.15) is 18.5 Å². The van der Waals surface area contributed by atoms with Gasteiger partial charge in [-0.25, -0.2) is 8.91 Å². The van der Waals surface area contributed by atoms with Gasteiger partial charge in [0.1, 0.15) is 11.9 Å². The number of carbonyl (C=O) groups is 1. The van der Waals surface area contributed by atoms with Crippen LogP contribution in [0.5, 0.6) is 5.75 Å². The summed E-state index contributed by atoms with van der Waals surface area (Å²) < 4.78 is 21.7. The second-order valence-electron chi connectivity index (χ2n) is 7.73. The highest BCUT2D eigenvalue weighted by molar-refractivity contribution is 5.93. The molecule has 1 saturated heterocycles. The maximum Gasteiger partial charge on any atom is 0.228 e. The van der Waals surface area contributed by atoms with E-state index in [1.54, 1.807) is 10.7 Å². The lowest BCUT2D eigenvalue weighted by atomic mass is 10.1. The Morgan fingerprint density at radius 1 is 1.31 bits per heavy atom. The molecule has 1 aliphatic carbocycles. The average molecular weight is 395 g/mol. The smallest absolute Gasteiger partial charge is 0.228 e. The van der Waals surface area contributed by atoms with Crippen molar-refractivity contribution in [3.05, 3.63) is 42.4 Å². The van der Waals surface area contributed by atoms with Crippen molar-refractivity contribution < 1.29 is 13.9 Å². The third-order valence-corrected chi connectivity index (χ3v) is 5.34. The minimum absolute atomic E-state index is 0.0278. The Hall–Kier alpha value is -3.00.